The van der Waals surface area contributed by atoms with Crippen LogP contribution in [0.2, 0.25) is 0 Å². The van der Waals surface area contributed by atoms with Gasteiger partial charge in [-0.2, -0.15) is 0 Å². The summed E-state index contributed by atoms with van der Waals surface area (Å²) < 4.78 is 82.6. The summed E-state index contributed by atoms with van der Waals surface area (Å²) in [5.74, 6) is -1.71. The van der Waals surface area contributed by atoms with Gasteiger partial charge in [-0.05, 0) is 60.6 Å². The number of carbonyl (C=O) groups is 1. The summed E-state index contributed by atoms with van der Waals surface area (Å²) in [7, 11) is 0. The number of carboxylic acid groups (broad SMARTS) is 1. The first-order valence-electron chi connectivity index (χ1n) is 14.0. The molecule has 3 rings (SSSR count). The van der Waals surface area contributed by atoms with Gasteiger partial charge < -0.3 is 15.5 Å². The first kappa shape index (κ1) is 11.3. The summed E-state index contributed by atoms with van der Waals surface area (Å²) >= 11 is 0. The fourth-order valence-electron chi connectivity index (χ4n) is 2.65. The summed E-state index contributed by atoms with van der Waals surface area (Å²) in [6, 6.07) is 1.11. The van der Waals surface area contributed by atoms with Gasteiger partial charge in [-0.15, -0.1) is 0 Å². The zero-order valence-electron chi connectivity index (χ0n) is 25.8. The molecule has 0 aromatic heterocycles. The Hall–Kier alpha value is -2.95. The number of aryl methyl sites for hydroxylation is 1. The van der Waals surface area contributed by atoms with Crippen LogP contribution < -0.4 is 5.32 Å². The Kier molecular flexibility index (Phi) is 3.90. The molecule has 0 heterocycles. The van der Waals surface area contributed by atoms with Gasteiger partial charge in [0.2, 0.25) is 0 Å². The van der Waals surface area contributed by atoms with E-state index in [1.54, 1.807) is 18.2 Å². The Morgan fingerprint density at radius 2 is 1.93 bits per heavy atom. The van der Waals surface area contributed by atoms with Crippen molar-refractivity contribution in [2.75, 3.05) is 13.1 Å². The molecule has 3 aromatic rings. The summed E-state index contributed by atoms with van der Waals surface area (Å²) in [6.07, 6.45) is -3.59. The van der Waals surface area contributed by atoms with Crippen LogP contribution in [0, 0.1) is 6.92 Å². The maximum Gasteiger partial charge on any atom is 0.335 e. The normalized spacial score (nSPS) is 17.3. The lowest BCUT2D eigenvalue weighted by Gasteiger charge is -2.13. The predicted octanol–water partition coefficient (Wildman–Crippen LogP) is 4.62. The quantitative estimate of drug-likeness (QED) is 0.491. The van der Waals surface area contributed by atoms with E-state index < -0.39 is 89.9 Å². The van der Waals surface area contributed by atoms with Crippen molar-refractivity contribution in [1.82, 2.24) is 5.32 Å². The summed E-state index contributed by atoms with van der Waals surface area (Å²) in [4.78, 5) is 11.7. The first-order valence-corrected chi connectivity index (χ1v) is 8.97. The minimum absolute atomic E-state index is 0.0130. The van der Waals surface area contributed by atoms with Crippen molar-refractivity contribution < 1.29 is 28.7 Å². The molecular formula is C25H27NO3. The number of aliphatic hydroxyl groups excluding tert-OH is 1. The number of aromatic carboxylic acids is 1. The van der Waals surface area contributed by atoms with Crippen LogP contribution in [0.15, 0.2) is 72.6 Å². The Labute approximate surface area is 185 Å². The van der Waals surface area contributed by atoms with Crippen molar-refractivity contribution >= 4 is 5.97 Å². The zero-order chi connectivity index (χ0) is 29.4. The van der Waals surface area contributed by atoms with Crippen LogP contribution in [-0.4, -0.2) is 29.3 Å². The lowest BCUT2D eigenvalue weighted by molar-refractivity contribution is 0.0697. The zero-order valence-corrected chi connectivity index (χ0v) is 15.8. The summed E-state index contributed by atoms with van der Waals surface area (Å²) in [5, 5.41) is 22.7. The van der Waals surface area contributed by atoms with Crippen molar-refractivity contribution in [1.29, 1.82) is 0 Å². The third-order valence-electron chi connectivity index (χ3n) is 4.08. The Morgan fingerprint density at radius 1 is 1.17 bits per heavy atom. The molecule has 0 fully saturated rings. The number of hydrogen-bond acceptors (Lipinski definition) is 3. The molecule has 4 nitrogen and oxygen atoms in total. The van der Waals surface area contributed by atoms with Crippen LogP contribution >= 0.6 is 0 Å². The second kappa shape index (κ2) is 10.0. The largest absolute Gasteiger partial charge is 0.478 e. The Morgan fingerprint density at radius 3 is 2.69 bits per heavy atom. The van der Waals surface area contributed by atoms with Gasteiger partial charge in [0.25, 0.3) is 0 Å². The van der Waals surface area contributed by atoms with E-state index in [-0.39, 0.29) is 18.7 Å². The van der Waals surface area contributed by atoms with E-state index >= 15 is 0 Å². The van der Waals surface area contributed by atoms with Crippen molar-refractivity contribution in [3.8, 4) is 11.1 Å². The molecule has 0 aliphatic heterocycles. The number of nitrogens with one attached hydrogen (secondary N) is 1. The third-order valence-corrected chi connectivity index (χ3v) is 4.08. The van der Waals surface area contributed by atoms with E-state index in [4.69, 9.17) is 13.7 Å². The number of rotatable bonds is 9. The molecule has 3 aromatic carbocycles. The number of hydrogen-bond donors (Lipinski definition) is 3. The lowest BCUT2D eigenvalue weighted by Crippen LogP contribution is -2.22. The van der Waals surface area contributed by atoms with Crippen LogP contribution in [0.1, 0.15) is 53.2 Å². The van der Waals surface area contributed by atoms with Gasteiger partial charge in [-0.25, -0.2) is 4.79 Å². The molecule has 0 amide bonds. The van der Waals surface area contributed by atoms with Gasteiger partial charge in [0.05, 0.1) is 22.6 Å². The van der Waals surface area contributed by atoms with Gasteiger partial charge in [0, 0.05) is 9.29 Å². The molecule has 1 atom stereocenters. The highest BCUT2D eigenvalue weighted by atomic mass is 16.4. The fourth-order valence-corrected chi connectivity index (χ4v) is 2.65. The monoisotopic (exact) mass is 399 g/mol. The first-order chi connectivity index (χ1) is 18.1. The second-order valence-corrected chi connectivity index (χ2v) is 6.40. The van der Waals surface area contributed by atoms with Crippen molar-refractivity contribution in [3.63, 3.8) is 0 Å². The number of carboxylic acids is 1. The highest BCUT2D eigenvalue weighted by molar-refractivity contribution is 5.89. The van der Waals surface area contributed by atoms with Gasteiger partial charge in [-0.1, -0.05) is 66.1 Å². The molecule has 0 radical (unpaired) electrons. The topological polar surface area (TPSA) is 69.6 Å². The molecule has 29 heavy (non-hydrogen) atoms. The van der Waals surface area contributed by atoms with Crippen molar-refractivity contribution in [2.45, 2.75) is 25.8 Å². The maximum absolute atomic E-state index is 11.7. The number of aliphatic hydroxyl groups is 1. The van der Waals surface area contributed by atoms with E-state index in [2.05, 4.69) is 5.32 Å². The van der Waals surface area contributed by atoms with E-state index in [1.807, 2.05) is 13.0 Å². The smallest absolute Gasteiger partial charge is 0.335 e. The summed E-state index contributed by atoms with van der Waals surface area (Å²) in [6.45, 7) is 1.58. The van der Waals surface area contributed by atoms with Crippen LogP contribution in [-0.2, 0) is 6.42 Å². The van der Waals surface area contributed by atoms with Crippen molar-refractivity contribution in [2.24, 2.45) is 0 Å². The average molecular weight is 400 g/mol. The molecule has 4 heteroatoms. The molecule has 0 aliphatic rings. The Bertz CT molecular complexity index is 1440. The molecular weight excluding hydrogens is 362 g/mol. The fraction of sp³-hybridized carbons (Fsp3) is 0.240. The molecule has 0 saturated carbocycles. The van der Waals surface area contributed by atoms with Gasteiger partial charge in [0.15, 0.2) is 0 Å². The predicted molar refractivity (Wildman–Crippen MR) is 116 cm³/mol. The van der Waals surface area contributed by atoms with E-state index in [0.717, 1.165) is 5.56 Å². The molecule has 0 spiro atoms. The molecule has 0 bridgehead atoms. The SMILES string of the molecule is [2H]c1c([2H])c(CC([2H])([2H])CNC[C@H](O)c2cccc(C)c2)c([2H])c(-c2c([2H])c([2H])c([2H])c(C(=O)O)c2[2H])c1[2H]. The lowest BCUT2D eigenvalue weighted by atomic mass is 9.99. The van der Waals surface area contributed by atoms with Gasteiger partial charge >= 0.3 is 5.97 Å². The molecule has 0 saturated heterocycles. The standard InChI is InChI=1S/C25H27NO3/c1-18-6-2-11-22(14-18)24(27)17-26-13-5-8-19-7-3-9-20(15-19)21-10-4-12-23(16-21)25(28)29/h2-4,6-7,9-12,14-16,24,26-27H,5,8,13,17H2,1H3,(H,28,29)/t24-/m0/s1/i3D,4D,5D2,7D,9D,10D,12D,15D,16D. The average Bonchev–Trinajstić information content (AvgIpc) is 2.85. The van der Waals surface area contributed by atoms with E-state index in [1.165, 1.54) is 0 Å². The second-order valence-electron chi connectivity index (χ2n) is 6.40. The van der Waals surface area contributed by atoms with Crippen molar-refractivity contribution in [3.05, 3.63) is 94.9 Å². The van der Waals surface area contributed by atoms with Crippen LogP contribution in [0.3, 0.4) is 0 Å². The van der Waals surface area contributed by atoms with E-state index in [0.29, 0.717) is 5.56 Å². The van der Waals surface area contributed by atoms with Gasteiger partial charge in [0.1, 0.15) is 0 Å². The van der Waals surface area contributed by atoms with Gasteiger partial charge in [-0.3, -0.25) is 0 Å². The van der Waals surface area contributed by atoms with E-state index in [9.17, 15) is 15.0 Å². The minimum atomic E-state index is -2.10. The maximum atomic E-state index is 11.7. The highest BCUT2D eigenvalue weighted by Crippen LogP contribution is 2.22. The number of benzene rings is 3. The third kappa shape index (κ3) is 6.01. The minimum Gasteiger partial charge on any atom is -0.478 e. The molecule has 3 N–H and O–H groups in total. The van der Waals surface area contributed by atoms with Crippen LogP contribution in [0.4, 0.5) is 0 Å². The van der Waals surface area contributed by atoms with Crippen LogP contribution in [0.25, 0.3) is 11.1 Å². The van der Waals surface area contributed by atoms with Crippen LogP contribution in [0.5, 0.6) is 0 Å². The molecule has 0 aliphatic carbocycles. The Balaban J connectivity index is 1.99. The molecule has 150 valence electrons. The highest BCUT2D eigenvalue weighted by Gasteiger charge is 2.07. The summed E-state index contributed by atoms with van der Waals surface area (Å²) in [5.41, 5.74) is -0.766. The molecule has 0 unspecified atom stereocenters.